The lowest BCUT2D eigenvalue weighted by molar-refractivity contribution is 0.285. The van der Waals surface area contributed by atoms with Crippen LogP contribution in [0.3, 0.4) is 0 Å². The number of aliphatic hydroxyl groups excluding tert-OH is 1. The summed E-state index contributed by atoms with van der Waals surface area (Å²) in [5.74, 6) is 0. The van der Waals surface area contributed by atoms with E-state index < -0.39 is 10.0 Å². The number of sulfonamides is 1. The standard InChI is InChI=1S/C13H15NO3S3/c1-9-13(7-12(8-15)19-9)20(16,17)14-10-4-3-5-11(6-10)18-2/h3-7,14-15H,8H2,1-2H3. The molecule has 2 N–H and O–H groups in total. The lowest BCUT2D eigenvalue weighted by Crippen LogP contribution is -2.13. The zero-order chi connectivity index (χ0) is 14.8. The molecule has 0 aliphatic carbocycles. The molecule has 0 bridgehead atoms. The second-order valence-electron chi connectivity index (χ2n) is 4.13. The Hall–Kier alpha value is -1.02. The van der Waals surface area contributed by atoms with E-state index in [2.05, 4.69) is 4.72 Å². The second kappa shape index (κ2) is 6.17. The number of benzene rings is 1. The largest absolute Gasteiger partial charge is 0.391 e. The summed E-state index contributed by atoms with van der Waals surface area (Å²) in [7, 11) is -3.62. The van der Waals surface area contributed by atoms with Gasteiger partial charge in [0.25, 0.3) is 10.0 Å². The Morgan fingerprint density at radius 2 is 2.10 bits per heavy atom. The highest BCUT2D eigenvalue weighted by atomic mass is 32.2. The van der Waals surface area contributed by atoms with Gasteiger partial charge in [0.05, 0.1) is 6.61 Å². The summed E-state index contributed by atoms with van der Waals surface area (Å²) in [5, 5.41) is 9.09. The van der Waals surface area contributed by atoms with E-state index in [9.17, 15) is 8.42 Å². The van der Waals surface area contributed by atoms with Gasteiger partial charge in [0, 0.05) is 20.3 Å². The Labute approximate surface area is 126 Å². The first-order chi connectivity index (χ1) is 9.46. The quantitative estimate of drug-likeness (QED) is 0.827. The Morgan fingerprint density at radius 1 is 1.35 bits per heavy atom. The molecular weight excluding hydrogens is 314 g/mol. The minimum Gasteiger partial charge on any atom is -0.391 e. The number of aryl methyl sites for hydroxylation is 1. The molecule has 0 aliphatic heterocycles. The average Bonchev–Trinajstić information content (AvgIpc) is 2.80. The number of thiophene rings is 1. The van der Waals surface area contributed by atoms with E-state index in [1.54, 1.807) is 30.8 Å². The van der Waals surface area contributed by atoms with Gasteiger partial charge < -0.3 is 5.11 Å². The van der Waals surface area contributed by atoms with E-state index in [-0.39, 0.29) is 11.5 Å². The molecule has 0 saturated carbocycles. The molecule has 4 nitrogen and oxygen atoms in total. The SMILES string of the molecule is CSc1cccc(NS(=O)(=O)c2cc(CO)sc2C)c1. The fraction of sp³-hybridized carbons (Fsp3) is 0.231. The monoisotopic (exact) mass is 329 g/mol. The van der Waals surface area contributed by atoms with E-state index >= 15 is 0 Å². The van der Waals surface area contributed by atoms with Crippen molar-refractivity contribution < 1.29 is 13.5 Å². The maximum absolute atomic E-state index is 12.4. The Balaban J connectivity index is 2.32. The molecule has 0 fully saturated rings. The summed E-state index contributed by atoms with van der Waals surface area (Å²) >= 11 is 2.84. The molecule has 0 radical (unpaired) electrons. The summed E-state index contributed by atoms with van der Waals surface area (Å²) in [6, 6.07) is 8.75. The summed E-state index contributed by atoms with van der Waals surface area (Å²) in [6.45, 7) is 1.58. The summed E-state index contributed by atoms with van der Waals surface area (Å²) in [4.78, 5) is 2.52. The van der Waals surface area contributed by atoms with Crippen LogP contribution in [0.2, 0.25) is 0 Å². The van der Waals surface area contributed by atoms with E-state index in [1.807, 2.05) is 18.4 Å². The Bertz CT molecular complexity index is 707. The van der Waals surface area contributed by atoms with Crippen LogP contribution in [0.1, 0.15) is 9.75 Å². The van der Waals surface area contributed by atoms with Gasteiger partial charge in [-0.1, -0.05) is 6.07 Å². The molecule has 1 heterocycles. The Kier molecular flexibility index (Phi) is 4.74. The van der Waals surface area contributed by atoms with Crippen molar-refractivity contribution in [3.8, 4) is 0 Å². The summed E-state index contributed by atoms with van der Waals surface area (Å²) in [5.41, 5.74) is 0.535. The first-order valence-electron chi connectivity index (χ1n) is 5.83. The van der Waals surface area contributed by atoms with Gasteiger partial charge in [-0.2, -0.15) is 0 Å². The van der Waals surface area contributed by atoms with E-state index in [1.165, 1.54) is 17.4 Å². The molecule has 7 heteroatoms. The number of hydrogen-bond acceptors (Lipinski definition) is 5. The zero-order valence-electron chi connectivity index (χ0n) is 11.1. The maximum atomic E-state index is 12.4. The third-order valence-corrected chi connectivity index (χ3v) is 6.09. The van der Waals surface area contributed by atoms with Gasteiger partial charge >= 0.3 is 0 Å². The van der Waals surface area contributed by atoms with Gasteiger partial charge in [0.15, 0.2) is 0 Å². The van der Waals surface area contributed by atoms with Crippen LogP contribution >= 0.6 is 23.1 Å². The van der Waals surface area contributed by atoms with Crippen LogP contribution in [0, 0.1) is 6.92 Å². The van der Waals surface area contributed by atoms with Crippen LogP contribution in [0.15, 0.2) is 40.1 Å². The topological polar surface area (TPSA) is 66.4 Å². The van der Waals surface area contributed by atoms with Crippen molar-refractivity contribution >= 4 is 38.8 Å². The van der Waals surface area contributed by atoms with Gasteiger partial charge in [0.2, 0.25) is 0 Å². The van der Waals surface area contributed by atoms with Crippen molar-refractivity contribution in [1.82, 2.24) is 0 Å². The molecule has 2 aromatic rings. The fourth-order valence-corrected chi connectivity index (χ4v) is 4.77. The average molecular weight is 329 g/mol. The lowest BCUT2D eigenvalue weighted by atomic mass is 10.3. The van der Waals surface area contributed by atoms with Crippen molar-refractivity contribution in [2.75, 3.05) is 11.0 Å². The predicted octanol–water partition coefficient (Wildman–Crippen LogP) is 3.07. The normalized spacial score (nSPS) is 11.6. The van der Waals surface area contributed by atoms with Crippen LogP contribution in [-0.2, 0) is 16.6 Å². The van der Waals surface area contributed by atoms with Crippen LogP contribution in [0.4, 0.5) is 5.69 Å². The highest BCUT2D eigenvalue weighted by Crippen LogP contribution is 2.28. The van der Waals surface area contributed by atoms with Crippen molar-refractivity contribution in [3.05, 3.63) is 40.1 Å². The van der Waals surface area contributed by atoms with Gasteiger partial charge in [0.1, 0.15) is 4.90 Å². The minimum atomic E-state index is -3.62. The fourth-order valence-electron chi connectivity index (χ4n) is 1.77. The van der Waals surface area contributed by atoms with Crippen molar-refractivity contribution in [2.45, 2.75) is 23.3 Å². The minimum absolute atomic E-state index is 0.150. The summed E-state index contributed by atoms with van der Waals surface area (Å²) in [6.07, 6.45) is 1.93. The van der Waals surface area contributed by atoms with Crippen LogP contribution in [0.5, 0.6) is 0 Å². The molecule has 1 aromatic heterocycles. The number of rotatable bonds is 5. The number of thioether (sulfide) groups is 1. The molecule has 0 saturated heterocycles. The smallest absolute Gasteiger partial charge is 0.263 e. The second-order valence-corrected chi connectivity index (χ2v) is 8.00. The van der Waals surface area contributed by atoms with E-state index in [4.69, 9.17) is 5.11 Å². The van der Waals surface area contributed by atoms with Crippen LogP contribution in [0.25, 0.3) is 0 Å². The van der Waals surface area contributed by atoms with E-state index in [0.29, 0.717) is 15.4 Å². The molecule has 108 valence electrons. The lowest BCUT2D eigenvalue weighted by Gasteiger charge is -2.08. The first-order valence-corrected chi connectivity index (χ1v) is 9.36. The molecular formula is C13H15NO3S3. The molecule has 1 aromatic carbocycles. The molecule has 20 heavy (non-hydrogen) atoms. The maximum Gasteiger partial charge on any atom is 0.263 e. The molecule has 0 amide bonds. The molecule has 0 aliphatic rings. The number of nitrogens with one attached hydrogen (secondary N) is 1. The van der Waals surface area contributed by atoms with Crippen molar-refractivity contribution in [1.29, 1.82) is 0 Å². The zero-order valence-corrected chi connectivity index (χ0v) is 13.5. The molecule has 0 atom stereocenters. The Morgan fingerprint density at radius 3 is 2.70 bits per heavy atom. The van der Waals surface area contributed by atoms with Gasteiger partial charge in [-0.25, -0.2) is 8.42 Å². The van der Waals surface area contributed by atoms with Crippen LogP contribution in [-0.4, -0.2) is 19.8 Å². The summed E-state index contributed by atoms with van der Waals surface area (Å²) < 4.78 is 27.3. The first kappa shape index (κ1) is 15.4. The van der Waals surface area contributed by atoms with Gasteiger partial charge in [-0.05, 0) is 37.4 Å². The molecule has 0 unspecified atom stereocenters. The highest BCUT2D eigenvalue weighted by Gasteiger charge is 2.20. The van der Waals surface area contributed by atoms with Gasteiger partial charge in [-0.3, -0.25) is 4.72 Å². The predicted molar refractivity (Wildman–Crippen MR) is 84.0 cm³/mol. The third kappa shape index (κ3) is 3.35. The number of aliphatic hydroxyl groups is 1. The van der Waals surface area contributed by atoms with E-state index in [0.717, 1.165) is 4.90 Å². The van der Waals surface area contributed by atoms with Crippen molar-refractivity contribution in [2.24, 2.45) is 0 Å². The van der Waals surface area contributed by atoms with Crippen LogP contribution < -0.4 is 4.72 Å². The highest BCUT2D eigenvalue weighted by molar-refractivity contribution is 7.98. The van der Waals surface area contributed by atoms with Crippen molar-refractivity contribution in [3.63, 3.8) is 0 Å². The number of hydrogen-bond donors (Lipinski definition) is 2. The van der Waals surface area contributed by atoms with Gasteiger partial charge in [-0.15, -0.1) is 23.1 Å². The third-order valence-electron chi connectivity index (χ3n) is 2.69. The molecule has 2 rings (SSSR count). The number of anilines is 1. The molecule has 0 spiro atoms.